The highest BCUT2D eigenvalue weighted by molar-refractivity contribution is 6.00. The molecule has 0 saturated carbocycles. The minimum absolute atomic E-state index is 0.352. The summed E-state index contributed by atoms with van der Waals surface area (Å²) in [6, 6.07) is 13.8. The lowest BCUT2D eigenvalue weighted by Crippen LogP contribution is -2.19. The zero-order valence-electron chi connectivity index (χ0n) is 10.5. The predicted molar refractivity (Wildman–Crippen MR) is 76.5 cm³/mol. The normalized spacial score (nSPS) is 9.74. The fourth-order valence-corrected chi connectivity index (χ4v) is 1.65. The Morgan fingerprint density at radius 1 is 1.11 bits per heavy atom. The highest BCUT2D eigenvalue weighted by Gasteiger charge is 2.06. The van der Waals surface area contributed by atoms with Crippen LogP contribution in [-0.4, -0.2) is 13.1 Å². The number of hydrogen-bond donors (Lipinski definition) is 3. The lowest BCUT2D eigenvalue weighted by Gasteiger charge is -2.11. The Morgan fingerprint density at radius 2 is 1.89 bits per heavy atom. The van der Waals surface area contributed by atoms with Crippen LogP contribution in [0.3, 0.4) is 0 Å². The van der Waals surface area contributed by atoms with Crippen LogP contribution in [0.2, 0.25) is 0 Å². The summed E-state index contributed by atoms with van der Waals surface area (Å²) in [7, 11) is 1.55. The van der Waals surface area contributed by atoms with E-state index in [0.717, 1.165) is 0 Å². The van der Waals surface area contributed by atoms with Gasteiger partial charge in [0.2, 0.25) is 0 Å². The first-order chi connectivity index (χ1) is 9.19. The van der Waals surface area contributed by atoms with Crippen LogP contribution >= 0.6 is 0 Å². The second-order valence-corrected chi connectivity index (χ2v) is 3.90. The zero-order chi connectivity index (χ0) is 13.7. The average molecular weight is 257 g/mol. The van der Waals surface area contributed by atoms with Crippen LogP contribution < -0.4 is 21.1 Å². The molecule has 0 atom stereocenters. The number of amides is 2. The van der Waals surface area contributed by atoms with Crippen LogP contribution in [0.15, 0.2) is 48.5 Å². The quantitative estimate of drug-likeness (QED) is 0.740. The van der Waals surface area contributed by atoms with Crippen molar-refractivity contribution in [2.75, 3.05) is 23.5 Å². The van der Waals surface area contributed by atoms with Crippen molar-refractivity contribution >= 4 is 23.1 Å². The number of nitrogen functional groups attached to an aromatic ring is 1. The van der Waals surface area contributed by atoms with Gasteiger partial charge in [0.05, 0.1) is 12.8 Å². The molecule has 2 rings (SSSR count). The molecule has 4 N–H and O–H groups in total. The number of para-hydroxylation sites is 2. The van der Waals surface area contributed by atoms with Gasteiger partial charge in [0.1, 0.15) is 5.75 Å². The van der Waals surface area contributed by atoms with Gasteiger partial charge in [-0.3, -0.25) is 0 Å². The molecule has 2 aromatic carbocycles. The van der Waals surface area contributed by atoms with Crippen molar-refractivity contribution in [2.24, 2.45) is 0 Å². The maximum atomic E-state index is 11.8. The summed E-state index contributed by atoms with van der Waals surface area (Å²) < 4.78 is 5.15. The van der Waals surface area contributed by atoms with Gasteiger partial charge in [-0.15, -0.1) is 0 Å². The first kappa shape index (κ1) is 12.8. The molecule has 0 unspecified atom stereocenters. The van der Waals surface area contributed by atoms with Crippen LogP contribution in [0.4, 0.5) is 21.9 Å². The van der Waals surface area contributed by atoms with Gasteiger partial charge < -0.3 is 21.1 Å². The van der Waals surface area contributed by atoms with E-state index in [1.165, 1.54) is 0 Å². The molecule has 0 saturated heterocycles. The summed E-state index contributed by atoms with van der Waals surface area (Å²) in [6.45, 7) is 0. The molecule has 0 aliphatic carbocycles. The largest absolute Gasteiger partial charge is 0.495 e. The van der Waals surface area contributed by atoms with Crippen molar-refractivity contribution in [2.45, 2.75) is 0 Å². The first-order valence-electron chi connectivity index (χ1n) is 5.75. The summed E-state index contributed by atoms with van der Waals surface area (Å²) >= 11 is 0. The van der Waals surface area contributed by atoms with Crippen LogP contribution in [0.5, 0.6) is 5.75 Å². The molecule has 5 nitrogen and oxygen atoms in total. The van der Waals surface area contributed by atoms with Gasteiger partial charge in [0, 0.05) is 11.4 Å². The van der Waals surface area contributed by atoms with E-state index in [0.29, 0.717) is 22.8 Å². The molecule has 0 aliphatic heterocycles. The molecular weight excluding hydrogens is 242 g/mol. The number of benzene rings is 2. The maximum Gasteiger partial charge on any atom is 0.323 e. The number of anilines is 3. The third-order valence-corrected chi connectivity index (χ3v) is 2.50. The third kappa shape index (κ3) is 3.38. The summed E-state index contributed by atoms with van der Waals surface area (Å²) in [5, 5.41) is 5.41. The number of hydrogen-bond acceptors (Lipinski definition) is 3. The molecule has 0 radical (unpaired) electrons. The number of ether oxygens (including phenoxy) is 1. The Morgan fingerprint density at radius 3 is 2.63 bits per heavy atom. The number of carbonyl (C=O) groups is 1. The molecular formula is C14H15N3O2. The average Bonchev–Trinajstić information content (AvgIpc) is 2.39. The second kappa shape index (κ2) is 5.77. The number of methoxy groups -OCH3 is 1. The van der Waals surface area contributed by atoms with Crippen LogP contribution in [-0.2, 0) is 0 Å². The fourth-order valence-electron chi connectivity index (χ4n) is 1.65. The monoisotopic (exact) mass is 257 g/mol. The Bertz CT molecular complexity index is 584. The lowest BCUT2D eigenvalue weighted by molar-refractivity contribution is 0.262. The predicted octanol–water partition coefficient (Wildman–Crippen LogP) is 2.92. The van der Waals surface area contributed by atoms with Gasteiger partial charge in [-0.1, -0.05) is 18.2 Å². The molecule has 0 bridgehead atoms. The number of urea groups is 1. The van der Waals surface area contributed by atoms with E-state index < -0.39 is 0 Å². The SMILES string of the molecule is COc1ccccc1NC(=O)Nc1cccc(N)c1. The summed E-state index contributed by atoms with van der Waals surface area (Å²) in [6.07, 6.45) is 0. The minimum atomic E-state index is -0.352. The van der Waals surface area contributed by atoms with E-state index >= 15 is 0 Å². The van der Waals surface area contributed by atoms with E-state index in [4.69, 9.17) is 10.5 Å². The van der Waals surface area contributed by atoms with Crippen molar-refractivity contribution in [3.63, 3.8) is 0 Å². The van der Waals surface area contributed by atoms with Crippen LogP contribution in [0.25, 0.3) is 0 Å². The Kier molecular flexibility index (Phi) is 3.87. The first-order valence-corrected chi connectivity index (χ1v) is 5.75. The third-order valence-electron chi connectivity index (χ3n) is 2.50. The maximum absolute atomic E-state index is 11.8. The molecule has 0 spiro atoms. The van der Waals surface area contributed by atoms with Gasteiger partial charge in [-0.25, -0.2) is 4.79 Å². The van der Waals surface area contributed by atoms with Crippen molar-refractivity contribution in [1.82, 2.24) is 0 Å². The highest BCUT2D eigenvalue weighted by atomic mass is 16.5. The zero-order valence-corrected chi connectivity index (χ0v) is 10.5. The minimum Gasteiger partial charge on any atom is -0.495 e. The standard InChI is InChI=1S/C14H15N3O2/c1-19-13-8-3-2-7-12(13)17-14(18)16-11-6-4-5-10(15)9-11/h2-9H,15H2,1H3,(H2,16,17,18). The van der Waals surface area contributed by atoms with Crippen molar-refractivity contribution in [3.05, 3.63) is 48.5 Å². The molecule has 0 aromatic heterocycles. The van der Waals surface area contributed by atoms with Crippen molar-refractivity contribution in [3.8, 4) is 5.75 Å². The highest BCUT2D eigenvalue weighted by Crippen LogP contribution is 2.23. The molecule has 0 fully saturated rings. The topological polar surface area (TPSA) is 76.4 Å². The van der Waals surface area contributed by atoms with Crippen LogP contribution in [0, 0.1) is 0 Å². The van der Waals surface area contributed by atoms with Crippen molar-refractivity contribution < 1.29 is 9.53 Å². The van der Waals surface area contributed by atoms with Gasteiger partial charge in [-0.2, -0.15) is 0 Å². The van der Waals surface area contributed by atoms with Gasteiger partial charge in [-0.05, 0) is 30.3 Å². The molecule has 5 heteroatoms. The Labute approximate surface area is 111 Å². The van der Waals surface area contributed by atoms with E-state index in [1.54, 1.807) is 43.5 Å². The molecule has 2 amide bonds. The summed E-state index contributed by atoms with van der Waals surface area (Å²) in [4.78, 5) is 11.8. The van der Waals surface area contributed by atoms with Gasteiger partial charge in [0.15, 0.2) is 0 Å². The smallest absolute Gasteiger partial charge is 0.323 e. The van der Waals surface area contributed by atoms with E-state index in [2.05, 4.69) is 10.6 Å². The van der Waals surface area contributed by atoms with E-state index in [1.807, 2.05) is 12.1 Å². The molecule has 0 aliphatic rings. The van der Waals surface area contributed by atoms with Gasteiger partial charge >= 0.3 is 6.03 Å². The number of nitrogens with two attached hydrogens (primary N) is 1. The number of carbonyl (C=O) groups excluding carboxylic acids is 1. The summed E-state index contributed by atoms with van der Waals surface area (Å²) in [5.41, 5.74) is 7.47. The lowest BCUT2D eigenvalue weighted by atomic mass is 10.3. The molecule has 2 aromatic rings. The molecule has 0 heterocycles. The second-order valence-electron chi connectivity index (χ2n) is 3.90. The fraction of sp³-hybridized carbons (Fsp3) is 0.0714. The van der Waals surface area contributed by atoms with Crippen LogP contribution in [0.1, 0.15) is 0 Å². The number of rotatable bonds is 3. The number of nitrogens with one attached hydrogen (secondary N) is 2. The van der Waals surface area contributed by atoms with E-state index in [9.17, 15) is 4.79 Å². The Balaban J connectivity index is 2.05. The molecule has 98 valence electrons. The summed E-state index contributed by atoms with van der Waals surface area (Å²) in [5.74, 6) is 0.602. The molecule has 19 heavy (non-hydrogen) atoms. The Hall–Kier alpha value is -2.69. The van der Waals surface area contributed by atoms with Crippen molar-refractivity contribution in [1.29, 1.82) is 0 Å². The van der Waals surface area contributed by atoms with E-state index in [-0.39, 0.29) is 6.03 Å². The van der Waals surface area contributed by atoms with Gasteiger partial charge in [0.25, 0.3) is 0 Å².